The van der Waals surface area contributed by atoms with Crippen LogP contribution in [0.25, 0.3) is 10.8 Å². The topological polar surface area (TPSA) is 66.5 Å². The van der Waals surface area contributed by atoms with E-state index in [1.165, 1.54) is 10.7 Å². The van der Waals surface area contributed by atoms with Crippen molar-refractivity contribution in [2.75, 3.05) is 10.8 Å². The molecule has 2 atom stereocenters. The van der Waals surface area contributed by atoms with E-state index in [1.807, 2.05) is 18.2 Å². The Hall–Kier alpha value is -2.08. The van der Waals surface area contributed by atoms with Crippen LogP contribution in [0.2, 0.25) is 0 Å². The van der Waals surface area contributed by atoms with Gasteiger partial charge >= 0.3 is 0 Å². The molecule has 1 N–H and O–H groups in total. The van der Waals surface area contributed by atoms with E-state index in [-0.39, 0.29) is 18.5 Å². The van der Waals surface area contributed by atoms with Gasteiger partial charge in [-0.25, -0.2) is 8.42 Å². The van der Waals surface area contributed by atoms with Gasteiger partial charge in [0.15, 0.2) is 0 Å². The van der Waals surface area contributed by atoms with Crippen LogP contribution in [0, 0.1) is 5.92 Å². The van der Waals surface area contributed by atoms with Gasteiger partial charge in [-0.2, -0.15) is 0 Å². The monoisotopic (exact) mass is 358 g/mol. The molecule has 2 aromatic carbocycles. The number of nitrogens with zero attached hydrogens (tertiary/aromatic N) is 1. The Labute approximate surface area is 148 Å². The summed E-state index contributed by atoms with van der Waals surface area (Å²) in [6.45, 7) is 1.98. The lowest BCUT2D eigenvalue weighted by Crippen LogP contribution is -2.46. The normalized spacial score (nSPS) is 24.4. The second-order valence-electron chi connectivity index (χ2n) is 7.08. The van der Waals surface area contributed by atoms with Crippen molar-refractivity contribution in [3.05, 3.63) is 36.4 Å². The molecule has 1 amide bonds. The first kappa shape index (κ1) is 16.4. The number of carbonyl (C=O) groups is 1. The molecule has 0 aromatic heterocycles. The van der Waals surface area contributed by atoms with Crippen molar-refractivity contribution >= 4 is 32.4 Å². The summed E-state index contributed by atoms with van der Waals surface area (Å²) in [6, 6.07) is 10.9. The minimum absolute atomic E-state index is 0.143. The Bertz CT molecular complexity index is 934. The molecule has 132 valence electrons. The third-order valence-corrected chi connectivity index (χ3v) is 7.23. The number of hydrogen-bond acceptors (Lipinski definition) is 3. The van der Waals surface area contributed by atoms with Crippen molar-refractivity contribution in [2.45, 2.75) is 43.5 Å². The zero-order valence-corrected chi connectivity index (χ0v) is 15.1. The Kier molecular flexibility index (Phi) is 3.95. The smallest absolute Gasteiger partial charge is 0.265 e. The van der Waals surface area contributed by atoms with Crippen molar-refractivity contribution in [3.8, 4) is 0 Å². The molecule has 0 spiro atoms. The van der Waals surface area contributed by atoms with Crippen LogP contribution in [0.1, 0.15) is 32.6 Å². The number of nitrogens with one attached hydrogen (secondary N) is 1. The summed E-state index contributed by atoms with van der Waals surface area (Å²) in [5.74, 6) is 0.209. The highest BCUT2D eigenvalue weighted by atomic mass is 32.2. The van der Waals surface area contributed by atoms with E-state index in [2.05, 4.69) is 12.2 Å². The summed E-state index contributed by atoms with van der Waals surface area (Å²) in [5.41, 5.74) is 0.597. The van der Waals surface area contributed by atoms with Gasteiger partial charge in [0.05, 0.1) is 10.6 Å². The predicted octanol–water partition coefficient (Wildman–Crippen LogP) is 3.04. The molecule has 1 aliphatic carbocycles. The number of sulfonamides is 1. The Balaban J connectivity index is 1.61. The minimum atomic E-state index is -3.68. The van der Waals surface area contributed by atoms with Gasteiger partial charge < -0.3 is 5.32 Å². The van der Waals surface area contributed by atoms with E-state index in [4.69, 9.17) is 0 Å². The molecule has 1 fully saturated rings. The van der Waals surface area contributed by atoms with Crippen LogP contribution < -0.4 is 9.62 Å². The zero-order chi connectivity index (χ0) is 17.6. The summed E-state index contributed by atoms with van der Waals surface area (Å²) < 4.78 is 27.0. The predicted molar refractivity (Wildman–Crippen MR) is 98.0 cm³/mol. The molecule has 0 unspecified atom stereocenters. The van der Waals surface area contributed by atoms with Crippen LogP contribution in [-0.2, 0) is 14.8 Å². The van der Waals surface area contributed by atoms with Crippen molar-refractivity contribution in [1.29, 1.82) is 0 Å². The maximum absolute atomic E-state index is 12.9. The average Bonchev–Trinajstić information content (AvgIpc) is 2.81. The fourth-order valence-corrected chi connectivity index (χ4v) is 5.71. The maximum atomic E-state index is 12.9. The van der Waals surface area contributed by atoms with Crippen LogP contribution in [-0.4, -0.2) is 26.9 Å². The standard InChI is InChI=1S/C19H22N2O3S/c1-13-6-2-3-9-15(13)20-18(22)12-21-16-10-4-7-14-8-5-11-17(19(14)16)25(21,23)24/h4-5,7-8,10-11,13,15H,2-3,6,9,12H2,1H3,(H,20,22)/t13-,15+/m0/s1. The Morgan fingerprint density at radius 1 is 1.16 bits per heavy atom. The van der Waals surface area contributed by atoms with Crippen LogP contribution in [0.4, 0.5) is 5.69 Å². The van der Waals surface area contributed by atoms with Crippen molar-refractivity contribution < 1.29 is 13.2 Å². The number of hydrogen-bond donors (Lipinski definition) is 1. The van der Waals surface area contributed by atoms with Crippen molar-refractivity contribution in [2.24, 2.45) is 5.92 Å². The van der Waals surface area contributed by atoms with Crippen LogP contribution in [0.3, 0.4) is 0 Å². The first-order valence-electron chi connectivity index (χ1n) is 8.82. The average molecular weight is 358 g/mol. The molecule has 5 nitrogen and oxygen atoms in total. The van der Waals surface area contributed by atoms with E-state index in [9.17, 15) is 13.2 Å². The van der Waals surface area contributed by atoms with Gasteiger partial charge in [0.1, 0.15) is 6.54 Å². The van der Waals surface area contributed by atoms with E-state index in [1.54, 1.807) is 18.2 Å². The first-order valence-corrected chi connectivity index (χ1v) is 10.3. The number of amides is 1. The van der Waals surface area contributed by atoms with E-state index >= 15 is 0 Å². The van der Waals surface area contributed by atoms with E-state index in [0.717, 1.165) is 24.6 Å². The van der Waals surface area contributed by atoms with Crippen molar-refractivity contribution in [3.63, 3.8) is 0 Å². The molecule has 2 aromatic rings. The van der Waals surface area contributed by atoms with Crippen molar-refractivity contribution in [1.82, 2.24) is 5.32 Å². The fraction of sp³-hybridized carbons (Fsp3) is 0.421. The second-order valence-corrected chi connectivity index (χ2v) is 8.91. The third-order valence-electron chi connectivity index (χ3n) is 5.43. The number of anilines is 1. The number of rotatable bonds is 3. The maximum Gasteiger partial charge on any atom is 0.265 e. The molecule has 1 heterocycles. The van der Waals surface area contributed by atoms with E-state index in [0.29, 0.717) is 21.9 Å². The second kappa shape index (κ2) is 6.02. The highest BCUT2D eigenvalue weighted by Gasteiger charge is 2.37. The molecule has 6 heteroatoms. The summed E-state index contributed by atoms with van der Waals surface area (Å²) in [6.07, 6.45) is 4.39. The fourth-order valence-electron chi connectivity index (χ4n) is 4.04. The molecular weight excluding hydrogens is 336 g/mol. The van der Waals surface area contributed by atoms with Gasteiger partial charge in [-0.1, -0.05) is 44.0 Å². The molecule has 1 saturated carbocycles. The molecular formula is C19H22N2O3S. The highest BCUT2D eigenvalue weighted by Crippen LogP contribution is 2.41. The van der Waals surface area contributed by atoms with Gasteiger partial charge in [-0.05, 0) is 36.3 Å². The molecule has 0 radical (unpaired) electrons. The molecule has 4 rings (SSSR count). The van der Waals surface area contributed by atoms with Crippen LogP contribution >= 0.6 is 0 Å². The SMILES string of the molecule is C[C@H]1CCCC[C@H]1NC(=O)CN1c2cccc3cccc(c23)S1(=O)=O. The van der Waals surface area contributed by atoms with Gasteiger partial charge in [0, 0.05) is 11.4 Å². The third kappa shape index (κ3) is 2.68. The summed E-state index contributed by atoms with van der Waals surface area (Å²) >= 11 is 0. The molecule has 1 aliphatic heterocycles. The number of carbonyl (C=O) groups excluding carboxylic acids is 1. The summed E-state index contributed by atoms with van der Waals surface area (Å²) in [4.78, 5) is 12.8. The summed E-state index contributed by atoms with van der Waals surface area (Å²) in [7, 11) is -3.68. The molecule has 2 aliphatic rings. The highest BCUT2D eigenvalue weighted by molar-refractivity contribution is 7.93. The zero-order valence-electron chi connectivity index (χ0n) is 14.2. The van der Waals surface area contributed by atoms with Gasteiger partial charge in [0.25, 0.3) is 10.0 Å². The molecule has 25 heavy (non-hydrogen) atoms. The number of benzene rings is 2. The minimum Gasteiger partial charge on any atom is -0.352 e. The van der Waals surface area contributed by atoms with Gasteiger partial charge in [0.2, 0.25) is 5.91 Å². The quantitative estimate of drug-likeness (QED) is 0.917. The van der Waals surface area contributed by atoms with Crippen LogP contribution in [0.15, 0.2) is 41.3 Å². The lowest BCUT2D eigenvalue weighted by Gasteiger charge is -2.30. The Morgan fingerprint density at radius 2 is 1.88 bits per heavy atom. The largest absolute Gasteiger partial charge is 0.352 e. The van der Waals surface area contributed by atoms with E-state index < -0.39 is 10.0 Å². The van der Waals surface area contributed by atoms with Crippen LogP contribution in [0.5, 0.6) is 0 Å². The first-order chi connectivity index (χ1) is 12.0. The molecule has 0 saturated heterocycles. The Morgan fingerprint density at radius 3 is 2.64 bits per heavy atom. The lowest BCUT2D eigenvalue weighted by molar-refractivity contribution is -0.120. The lowest BCUT2D eigenvalue weighted by atomic mass is 9.86. The molecule has 0 bridgehead atoms. The van der Waals surface area contributed by atoms with Gasteiger partial charge in [-0.3, -0.25) is 9.10 Å². The summed E-state index contributed by atoms with van der Waals surface area (Å²) in [5, 5.41) is 4.64. The van der Waals surface area contributed by atoms with Gasteiger partial charge in [-0.15, -0.1) is 0 Å².